The maximum absolute atomic E-state index is 10.9. The average molecular weight is 312 g/mol. The van der Waals surface area contributed by atoms with Crippen molar-refractivity contribution in [1.82, 2.24) is 4.90 Å². The van der Waals surface area contributed by atoms with E-state index in [0.29, 0.717) is 0 Å². The Bertz CT molecular complexity index is 540. The molecule has 1 aromatic carbocycles. The molecule has 0 radical (unpaired) electrons. The molecule has 2 rings (SSSR count). The number of aryl methyl sites for hydroxylation is 1. The molecule has 6 heteroatoms. The van der Waals surface area contributed by atoms with Gasteiger partial charge < -0.3 is 10.2 Å². The molecule has 0 amide bonds. The monoisotopic (exact) mass is 311 g/mol. The van der Waals surface area contributed by atoms with Gasteiger partial charge in [0.05, 0.1) is 4.92 Å². The van der Waals surface area contributed by atoms with Crippen LogP contribution in [-0.4, -0.2) is 36.5 Å². The lowest BCUT2D eigenvalue weighted by atomic mass is 9.80. The van der Waals surface area contributed by atoms with Gasteiger partial charge in [-0.1, -0.05) is 18.5 Å². The average Bonchev–Trinajstić information content (AvgIpc) is 2.43. The minimum absolute atomic E-state index is 0.0368. The molecule has 0 saturated carbocycles. The van der Waals surface area contributed by atoms with Gasteiger partial charge in [-0.25, -0.2) is 0 Å². The molecule has 1 aliphatic rings. The molecule has 0 aliphatic carbocycles. The van der Waals surface area contributed by atoms with Crippen molar-refractivity contribution in [3.8, 4) is 0 Å². The summed E-state index contributed by atoms with van der Waals surface area (Å²) < 4.78 is 0. The number of nitrogens with one attached hydrogen (secondary N) is 1. The number of piperidine rings is 1. The number of nitrogens with zero attached hydrogens (tertiary/aromatic N) is 2. The minimum Gasteiger partial charge on any atom is -0.384 e. The molecule has 1 aliphatic heterocycles. The topological polar surface area (TPSA) is 58.4 Å². The van der Waals surface area contributed by atoms with Gasteiger partial charge in [-0.05, 0) is 56.9 Å². The zero-order valence-corrected chi connectivity index (χ0v) is 13.5. The quantitative estimate of drug-likeness (QED) is 0.680. The first-order valence-corrected chi connectivity index (χ1v) is 7.55. The van der Waals surface area contributed by atoms with Gasteiger partial charge in [-0.3, -0.25) is 10.1 Å². The summed E-state index contributed by atoms with van der Waals surface area (Å²) in [5.41, 5.74) is 1.95. The zero-order chi connectivity index (χ0) is 15.6. The van der Waals surface area contributed by atoms with E-state index >= 15 is 0 Å². The van der Waals surface area contributed by atoms with Crippen molar-refractivity contribution < 1.29 is 4.92 Å². The number of nitro groups is 1. The highest BCUT2D eigenvalue weighted by atomic mass is 35.5. The van der Waals surface area contributed by atoms with Crippen molar-refractivity contribution in [2.75, 3.05) is 32.0 Å². The van der Waals surface area contributed by atoms with Gasteiger partial charge >= 0.3 is 0 Å². The number of likely N-dealkylation sites (tertiary alicyclic amines) is 1. The van der Waals surface area contributed by atoms with Crippen molar-refractivity contribution in [3.05, 3.63) is 32.8 Å². The van der Waals surface area contributed by atoms with Crippen LogP contribution in [0.3, 0.4) is 0 Å². The number of rotatable bonds is 4. The number of nitro benzene ring substituents is 1. The molecule has 116 valence electrons. The summed E-state index contributed by atoms with van der Waals surface area (Å²) in [7, 11) is 2.15. The van der Waals surface area contributed by atoms with E-state index in [-0.39, 0.29) is 16.1 Å². The van der Waals surface area contributed by atoms with Crippen LogP contribution < -0.4 is 5.32 Å². The van der Waals surface area contributed by atoms with Crippen LogP contribution in [-0.2, 0) is 0 Å². The molecule has 5 nitrogen and oxygen atoms in total. The van der Waals surface area contributed by atoms with Gasteiger partial charge in [0, 0.05) is 18.3 Å². The van der Waals surface area contributed by atoms with E-state index in [1.54, 1.807) is 6.07 Å². The summed E-state index contributed by atoms with van der Waals surface area (Å²) in [6.45, 7) is 7.23. The molecule has 0 aromatic heterocycles. The molecule has 21 heavy (non-hydrogen) atoms. The molecule has 0 unspecified atom stereocenters. The van der Waals surface area contributed by atoms with Crippen LogP contribution in [0.5, 0.6) is 0 Å². The molecular formula is C15H22ClN3O2. The van der Waals surface area contributed by atoms with Crippen LogP contribution in [0.1, 0.15) is 25.3 Å². The fourth-order valence-electron chi connectivity index (χ4n) is 2.64. The molecule has 1 saturated heterocycles. The fourth-order valence-corrected chi connectivity index (χ4v) is 2.87. The Kier molecular flexibility index (Phi) is 4.74. The molecule has 1 N–H and O–H groups in total. The lowest BCUT2D eigenvalue weighted by Crippen LogP contribution is -2.40. The van der Waals surface area contributed by atoms with Crippen molar-refractivity contribution in [2.24, 2.45) is 5.41 Å². The first kappa shape index (κ1) is 16.0. The molecule has 1 heterocycles. The number of halogens is 1. The van der Waals surface area contributed by atoms with E-state index in [2.05, 4.69) is 24.2 Å². The lowest BCUT2D eigenvalue weighted by Gasteiger charge is -2.38. The molecular weight excluding hydrogens is 290 g/mol. The van der Waals surface area contributed by atoms with Gasteiger partial charge in [0.2, 0.25) is 0 Å². The van der Waals surface area contributed by atoms with E-state index in [4.69, 9.17) is 11.6 Å². The maximum atomic E-state index is 10.9. The number of benzene rings is 1. The Morgan fingerprint density at radius 3 is 2.62 bits per heavy atom. The Morgan fingerprint density at radius 1 is 1.43 bits per heavy atom. The summed E-state index contributed by atoms with van der Waals surface area (Å²) in [6.07, 6.45) is 2.30. The Hall–Kier alpha value is -1.33. The third-order valence-electron chi connectivity index (χ3n) is 4.39. The Balaban J connectivity index is 2.07. The predicted molar refractivity (Wildman–Crippen MR) is 86.2 cm³/mol. The normalized spacial score (nSPS) is 18.5. The lowest BCUT2D eigenvalue weighted by molar-refractivity contribution is -0.384. The van der Waals surface area contributed by atoms with Gasteiger partial charge in [0.1, 0.15) is 5.02 Å². The molecule has 1 aromatic rings. The predicted octanol–water partition coefficient (Wildman–Crippen LogP) is 3.70. The van der Waals surface area contributed by atoms with E-state index in [1.165, 1.54) is 6.07 Å². The SMILES string of the molecule is Cc1cc([N+](=O)[O-])c(Cl)cc1NCC1(C)CCN(C)CC1. The molecule has 0 bridgehead atoms. The van der Waals surface area contributed by atoms with Crippen LogP contribution in [0.15, 0.2) is 12.1 Å². The van der Waals surface area contributed by atoms with Crippen molar-refractivity contribution in [1.29, 1.82) is 0 Å². The maximum Gasteiger partial charge on any atom is 0.288 e. The van der Waals surface area contributed by atoms with Crippen molar-refractivity contribution in [3.63, 3.8) is 0 Å². The number of hydrogen-bond acceptors (Lipinski definition) is 4. The van der Waals surface area contributed by atoms with Crippen LogP contribution in [0.25, 0.3) is 0 Å². The van der Waals surface area contributed by atoms with Crippen LogP contribution in [0.4, 0.5) is 11.4 Å². The van der Waals surface area contributed by atoms with E-state index in [1.807, 2.05) is 6.92 Å². The highest BCUT2D eigenvalue weighted by Crippen LogP contribution is 2.34. The summed E-state index contributed by atoms with van der Waals surface area (Å²) in [4.78, 5) is 12.8. The second-order valence-electron chi connectivity index (χ2n) is 6.34. The van der Waals surface area contributed by atoms with E-state index < -0.39 is 4.92 Å². The number of anilines is 1. The fraction of sp³-hybridized carbons (Fsp3) is 0.600. The first-order valence-electron chi connectivity index (χ1n) is 7.18. The summed E-state index contributed by atoms with van der Waals surface area (Å²) in [6, 6.07) is 3.19. The Morgan fingerprint density at radius 2 is 2.05 bits per heavy atom. The van der Waals surface area contributed by atoms with Gasteiger partial charge in [-0.2, -0.15) is 0 Å². The summed E-state index contributed by atoms with van der Waals surface area (Å²) >= 11 is 5.98. The number of hydrogen-bond donors (Lipinski definition) is 1. The second-order valence-corrected chi connectivity index (χ2v) is 6.75. The molecule has 0 spiro atoms. The van der Waals surface area contributed by atoms with E-state index in [9.17, 15) is 10.1 Å². The highest BCUT2D eigenvalue weighted by molar-refractivity contribution is 6.33. The third kappa shape index (κ3) is 3.86. The zero-order valence-electron chi connectivity index (χ0n) is 12.8. The van der Waals surface area contributed by atoms with Crippen LogP contribution in [0, 0.1) is 22.5 Å². The van der Waals surface area contributed by atoms with Crippen LogP contribution in [0.2, 0.25) is 5.02 Å². The third-order valence-corrected chi connectivity index (χ3v) is 4.69. The van der Waals surface area contributed by atoms with E-state index in [0.717, 1.165) is 43.7 Å². The standard InChI is InChI=1S/C15H22ClN3O2/c1-11-8-14(19(20)21)12(16)9-13(11)17-10-15(2)4-6-18(3)7-5-15/h8-9,17H,4-7,10H2,1-3H3. The summed E-state index contributed by atoms with van der Waals surface area (Å²) in [5.74, 6) is 0. The van der Waals surface area contributed by atoms with Crippen molar-refractivity contribution >= 4 is 23.0 Å². The van der Waals surface area contributed by atoms with Crippen molar-refractivity contribution in [2.45, 2.75) is 26.7 Å². The van der Waals surface area contributed by atoms with Crippen LogP contribution >= 0.6 is 11.6 Å². The Labute approximate surface area is 130 Å². The van der Waals surface area contributed by atoms with Gasteiger partial charge in [0.25, 0.3) is 5.69 Å². The largest absolute Gasteiger partial charge is 0.384 e. The summed E-state index contributed by atoms with van der Waals surface area (Å²) in [5, 5.41) is 14.5. The smallest absolute Gasteiger partial charge is 0.288 e. The molecule has 1 fully saturated rings. The van der Waals surface area contributed by atoms with Gasteiger partial charge in [-0.15, -0.1) is 0 Å². The first-order chi connectivity index (χ1) is 9.81. The highest BCUT2D eigenvalue weighted by Gasteiger charge is 2.28. The molecule has 0 atom stereocenters. The second kappa shape index (κ2) is 6.20. The van der Waals surface area contributed by atoms with Gasteiger partial charge in [0.15, 0.2) is 0 Å². The minimum atomic E-state index is -0.447.